The number of carbonyl (C=O) groups excluding carboxylic acids is 1. The monoisotopic (exact) mass is 355 g/mol. The summed E-state index contributed by atoms with van der Waals surface area (Å²) >= 11 is 0. The molecular weight excluding hydrogens is 334 g/mol. The summed E-state index contributed by atoms with van der Waals surface area (Å²) < 4.78 is 28.1. The molecule has 3 N–H and O–H groups in total. The number of amidine groups is 1. The zero-order chi connectivity index (χ0) is 17.6. The average Bonchev–Trinajstić information content (AvgIpc) is 2.90. The van der Waals surface area contributed by atoms with Gasteiger partial charge in [-0.25, -0.2) is 8.42 Å². The van der Waals surface area contributed by atoms with Crippen molar-refractivity contribution in [1.82, 2.24) is 5.32 Å². The molecule has 24 heavy (non-hydrogen) atoms. The molecule has 2 atom stereocenters. The Bertz CT molecular complexity index is 690. The van der Waals surface area contributed by atoms with Crippen LogP contribution < -0.4 is 15.8 Å². The fraction of sp³-hybridized carbons (Fsp3) is 0.467. The van der Waals surface area contributed by atoms with Crippen LogP contribution in [-0.2, 0) is 19.5 Å². The van der Waals surface area contributed by atoms with Crippen LogP contribution >= 0.6 is 0 Å². The number of amides is 1. The highest BCUT2D eigenvalue weighted by Crippen LogP contribution is 2.11. The first-order chi connectivity index (χ1) is 11.4. The molecule has 1 aromatic carbocycles. The summed E-state index contributed by atoms with van der Waals surface area (Å²) in [6, 6.07) is 8.70. The number of hydrogen-bond acceptors (Lipinski definition) is 6. The Morgan fingerprint density at radius 2 is 2.12 bits per heavy atom. The third-order valence-electron chi connectivity index (χ3n) is 3.41. The molecule has 8 nitrogen and oxygen atoms in total. The molecule has 132 valence electrons. The number of nitrogens with two attached hydrogens (primary N) is 1. The van der Waals surface area contributed by atoms with Crippen molar-refractivity contribution < 1.29 is 22.8 Å². The Labute approximate surface area is 140 Å². The maximum Gasteiger partial charge on any atom is 0.263 e. The summed E-state index contributed by atoms with van der Waals surface area (Å²) in [5.74, 6) is 0.347. The van der Waals surface area contributed by atoms with E-state index in [-0.39, 0.29) is 30.0 Å². The van der Waals surface area contributed by atoms with E-state index in [2.05, 4.69) is 10.5 Å². The lowest BCUT2D eigenvalue weighted by Crippen LogP contribution is -2.41. The van der Waals surface area contributed by atoms with Gasteiger partial charge >= 0.3 is 0 Å². The minimum Gasteiger partial charge on any atom is -0.486 e. The lowest BCUT2D eigenvalue weighted by molar-refractivity contribution is -0.132. The third kappa shape index (κ3) is 5.73. The van der Waals surface area contributed by atoms with Crippen LogP contribution in [0.2, 0.25) is 0 Å². The van der Waals surface area contributed by atoms with Crippen LogP contribution in [0.25, 0.3) is 0 Å². The van der Waals surface area contributed by atoms with Crippen molar-refractivity contribution in [3.63, 3.8) is 0 Å². The van der Waals surface area contributed by atoms with Gasteiger partial charge in [0.15, 0.2) is 15.7 Å². The van der Waals surface area contributed by atoms with Crippen LogP contribution in [0.1, 0.15) is 13.3 Å². The molecule has 0 aromatic heterocycles. The number of carbonyl (C=O) groups is 1. The van der Waals surface area contributed by atoms with Crippen molar-refractivity contribution in [3.8, 4) is 5.75 Å². The zero-order valence-electron chi connectivity index (χ0n) is 13.3. The molecule has 1 aliphatic heterocycles. The zero-order valence-corrected chi connectivity index (χ0v) is 14.2. The van der Waals surface area contributed by atoms with Gasteiger partial charge in [0.2, 0.25) is 6.10 Å². The minimum absolute atomic E-state index is 0.0270. The molecule has 1 amide bonds. The smallest absolute Gasteiger partial charge is 0.263 e. The van der Waals surface area contributed by atoms with E-state index in [0.717, 1.165) is 0 Å². The third-order valence-corrected chi connectivity index (χ3v) is 5.17. The van der Waals surface area contributed by atoms with Gasteiger partial charge in [-0.1, -0.05) is 23.4 Å². The SMILES string of the molecule is CC(O/N=C(/N)COc1ccccc1)C(=O)NC1CCS(=O)(=O)C1. The summed E-state index contributed by atoms with van der Waals surface area (Å²) in [6.07, 6.45) is -0.472. The van der Waals surface area contributed by atoms with Crippen molar-refractivity contribution in [2.45, 2.75) is 25.5 Å². The van der Waals surface area contributed by atoms with Crippen molar-refractivity contribution in [2.24, 2.45) is 10.9 Å². The van der Waals surface area contributed by atoms with E-state index in [1.165, 1.54) is 6.92 Å². The van der Waals surface area contributed by atoms with Gasteiger partial charge in [-0.05, 0) is 25.5 Å². The number of ether oxygens (including phenoxy) is 1. The van der Waals surface area contributed by atoms with Crippen molar-refractivity contribution in [1.29, 1.82) is 0 Å². The van der Waals surface area contributed by atoms with Crippen molar-refractivity contribution >= 4 is 21.6 Å². The van der Waals surface area contributed by atoms with E-state index in [0.29, 0.717) is 12.2 Å². The highest BCUT2D eigenvalue weighted by atomic mass is 32.2. The Balaban J connectivity index is 1.74. The van der Waals surface area contributed by atoms with E-state index in [1.807, 2.05) is 18.2 Å². The predicted octanol–water partition coefficient (Wildman–Crippen LogP) is 0.0460. The number of hydrogen-bond donors (Lipinski definition) is 2. The summed E-state index contributed by atoms with van der Waals surface area (Å²) in [5.41, 5.74) is 5.66. The standard InChI is InChI=1S/C15H21N3O5S/c1-11(15(19)17-12-7-8-24(20,21)10-12)23-18-14(16)9-22-13-5-3-2-4-6-13/h2-6,11-12H,7-10H2,1H3,(H2,16,18)(H,17,19). The Kier molecular flexibility index (Phi) is 6.02. The Morgan fingerprint density at radius 3 is 2.75 bits per heavy atom. The molecule has 0 radical (unpaired) electrons. The van der Waals surface area contributed by atoms with Gasteiger partial charge in [-0.15, -0.1) is 0 Å². The fourth-order valence-electron chi connectivity index (χ4n) is 2.12. The highest BCUT2D eigenvalue weighted by Gasteiger charge is 2.30. The van der Waals surface area contributed by atoms with E-state index in [4.69, 9.17) is 15.3 Å². The van der Waals surface area contributed by atoms with Crippen LogP contribution in [0.4, 0.5) is 0 Å². The minimum atomic E-state index is -3.05. The number of benzene rings is 1. The number of rotatable bonds is 7. The first-order valence-corrected chi connectivity index (χ1v) is 9.34. The molecule has 2 rings (SSSR count). The van der Waals surface area contributed by atoms with Gasteiger partial charge in [0.1, 0.15) is 12.4 Å². The molecule has 1 fully saturated rings. The van der Waals surface area contributed by atoms with Crippen LogP contribution in [0.5, 0.6) is 5.75 Å². The molecule has 0 aliphatic carbocycles. The molecule has 0 spiro atoms. The largest absolute Gasteiger partial charge is 0.486 e. The highest BCUT2D eigenvalue weighted by molar-refractivity contribution is 7.91. The maximum absolute atomic E-state index is 11.9. The first-order valence-electron chi connectivity index (χ1n) is 7.52. The van der Waals surface area contributed by atoms with Gasteiger partial charge < -0.3 is 20.6 Å². The van der Waals surface area contributed by atoms with Crippen LogP contribution in [0.15, 0.2) is 35.5 Å². The van der Waals surface area contributed by atoms with Gasteiger partial charge in [0, 0.05) is 6.04 Å². The number of nitrogens with one attached hydrogen (secondary N) is 1. The summed E-state index contributed by atoms with van der Waals surface area (Å²) in [4.78, 5) is 17.0. The topological polar surface area (TPSA) is 120 Å². The second-order valence-corrected chi connectivity index (χ2v) is 7.77. The molecule has 9 heteroatoms. The Hall–Kier alpha value is -2.29. The summed E-state index contributed by atoms with van der Waals surface area (Å²) in [7, 11) is -3.05. The molecule has 0 saturated carbocycles. The summed E-state index contributed by atoms with van der Waals surface area (Å²) in [5, 5.41) is 6.29. The molecule has 1 aliphatic rings. The molecule has 1 heterocycles. The van der Waals surface area contributed by atoms with Gasteiger partial charge in [-0.2, -0.15) is 0 Å². The lowest BCUT2D eigenvalue weighted by atomic mass is 10.2. The fourth-order valence-corrected chi connectivity index (χ4v) is 3.80. The summed E-state index contributed by atoms with van der Waals surface area (Å²) in [6.45, 7) is 1.53. The van der Waals surface area contributed by atoms with Crippen molar-refractivity contribution in [2.75, 3.05) is 18.1 Å². The average molecular weight is 355 g/mol. The molecular formula is C15H21N3O5S. The number of oxime groups is 1. The maximum atomic E-state index is 11.9. The lowest BCUT2D eigenvalue weighted by Gasteiger charge is -2.14. The molecule has 0 bridgehead atoms. The second-order valence-electron chi connectivity index (χ2n) is 5.54. The van der Waals surface area contributed by atoms with Gasteiger partial charge in [0.05, 0.1) is 11.5 Å². The number of nitrogens with zero attached hydrogens (tertiary/aromatic N) is 1. The normalized spacial score (nSPS) is 21.0. The second kappa shape index (κ2) is 8.00. The van der Waals surface area contributed by atoms with Crippen LogP contribution in [0, 0.1) is 0 Å². The molecule has 1 saturated heterocycles. The number of para-hydroxylation sites is 1. The molecule has 2 unspecified atom stereocenters. The van der Waals surface area contributed by atoms with Gasteiger partial charge in [-0.3, -0.25) is 4.79 Å². The van der Waals surface area contributed by atoms with Gasteiger partial charge in [0.25, 0.3) is 5.91 Å². The molecule has 1 aromatic rings. The predicted molar refractivity (Wildman–Crippen MR) is 89.3 cm³/mol. The van der Waals surface area contributed by atoms with Crippen LogP contribution in [-0.4, -0.2) is 50.4 Å². The van der Waals surface area contributed by atoms with E-state index >= 15 is 0 Å². The quantitative estimate of drug-likeness (QED) is 0.405. The van der Waals surface area contributed by atoms with Crippen molar-refractivity contribution in [3.05, 3.63) is 30.3 Å². The number of sulfone groups is 1. The first kappa shape index (κ1) is 18.1. The van der Waals surface area contributed by atoms with E-state index < -0.39 is 21.8 Å². The van der Waals surface area contributed by atoms with Crippen LogP contribution in [0.3, 0.4) is 0 Å². The van der Waals surface area contributed by atoms with E-state index in [9.17, 15) is 13.2 Å². The van der Waals surface area contributed by atoms with E-state index in [1.54, 1.807) is 12.1 Å². The Morgan fingerprint density at radius 1 is 1.42 bits per heavy atom.